The van der Waals surface area contributed by atoms with Crippen molar-refractivity contribution in [2.45, 2.75) is 19.9 Å². The number of hydroxylamine groups is 2. The van der Waals surface area contributed by atoms with Crippen LogP contribution in [0.5, 0.6) is 0 Å². The van der Waals surface area contributed by atoms with E-state index in [0.29, 0.717) is 6.04 Å². The van der Waals surface area contributed by atoms with Crippen LogP contribution >= 0.6 is 0 Å². The Morgan fingerprint density at radius 2 is 2.45 bits per heavy atom. The van der Waals surface area contributed by atoms with Gasteiger partial charge in [0.05, 0.1) is 6.54 Å². The number of rotatable bonds is 1. The normalized spacial score (nSPS) is 26.5. The quantitative estimate of drug-likeness (QED) is 0.572. The van der Waals surface area contributed by atoms with Gasteiger partial charge in [-0.3, -0.25) is 4.79 Å². The molecule has 1 atom stereocenters. The Kier molecular flexibility index (Phi) is 2.84. The van der Waals surface area contributed by atoms with Gasteiger partial charge in [-0.2, -0.15) is 0 Å². The van der Waals surface area contributed by atoms with Crippen molar-refractivity contribution < 1.29 is 9.63 Å². The number of hydrogen-bond donors (Lipinski definition) is 1. The maximum Gasteiger partial charge on any atom is 0.322 e. The summed E-state index contributed by atoms with van der Waals surface area (Å²) in [6, 6.07) is 0.406. The van der Waals surface area contributed by atoms with Crippen LogP contribution in [0.4, 0.5) is 0 Å². The van der Waals surface area contributed by atoms with E-state index < -0.39 is 0 Å². The zero-order valence-corrected chi connectivity index (χ0v) is 6.96. The Bertz CT molecular complexity index is 149. The van der Waals surface area contributed by atoms with E-state index in [4.69, 9.17) is 4.84 Å². The van der Waals surface area contributed by atoms with Crippen LogP contribution in [0.1, 0.15) is 13.8 Å². The molecule has 1 N–H and O–H groups in total. The lowest BCUT2D eigenvalue weighted by atomic mass is 10.3. The number of nitrogens with zero attached hydrogens (tertiary/aromatic N) is 1. The van der Waals surface area contributed by atoms with Crippen LogP contribution in [0.2, 0.25) is 0 Å². The molecule has 0 radical (unpaired) electrons. The molecular formula is C7H14N2O2. The lowest BCUT2D eigenvalue weighted by molar-refractivity contribution is -0.192. The summed E-state index contributed by atoms with van der Waals surface area (Å²) in [4.78, 5) is 15.5. The van der Waals surface area contributed by atoms with Crippen molar-refractivity contribution in [1.82, 2.24) is 10.4 Å². The molecule has 64 valence electrons. The molecule has 1 aliphatic heterocycles. The summed E-state index contributed by atoms with van der Waals surface area (Å²) in [5.74, 6) is -0.237. The minimum Gasteiger partial charge on any atom is -0.368 e. The zero-order valence-electron chi connectivity index (χ0n) is 6.96. The Balaban J connectivity index is 2.28. The minimum atomic E-state index is -0.237. The molecule has 4 heteroatoms. The Labute approximate surface area is 66.5 Å². The molecular weight excluding hydrogens is 144 g/mol. The number of carbonyl (C=O) groups is 1. The summed E-state index contributed by atoms with van der Waals surface area (Å²) in [5, 5.41) is 4.95. The highest BCUT2D eigenvalue weighted by Crippen LogP contribution is 1.98. The van der Waals surface area contributed by atoms with Crippen molar-refractivity contribution in [3.8, 4) is 0 Å². The van der Waals surface area contributed by atoms with E-state index in [1.165, 1.54) is 6.92 Å². The van der Waals surface area contributed by atoms with Crippen LogP contribution < -0.4 is 5.32 Å². The van der Waals surface area contributed by atoms with Crippen molar-refractivity contribution in [3.63, 3.8) is 0 Å². The number of piperazine rings is 1. The largest absolute Gasteiger partial charge is 0.368 e. The van der Waals surface area contributed by atoms with E-state index >= 15 is 0 Å². The van der Waals surface area contributed by atoms with Gasteiger partial charge in [0.25, 0.3) is 0 Å². The van der Waals surface area contributed by atoms with Crippen LogP contribution in [-0.4, -0.2) is 36.7 Å². The van der Waals surface area contributed by atoms with Gasteiger partial charge in [0.2, 0.25) is 0 Å². The Morgan fingerprint density at radius 1 is 1.73 bits per heavy atom. The average Bonchev–Trinajstić information content (AvgIpc) is 1.85. The van der Waals surface area contributed by atoms with E-state index in [2.05, 4.69) is 12.2 Å². The Morgan fingerprint density at radius 3 is 3.00 bits per heavy atom. The predicted molar refractivity (Wildman–Crippen MR) is 40.8 cm³/mol. The molecule has 0 bridgehead atoms. The summed E-state index contributed by atoms with van der Waals surface area (Å²) in [6.45, 7) is 5.93. The molecule has 0 spiro atoms. The van der Waals surface area contributed by atoms with Crippen molar-refractivity contribution in [3.05, 3.63) is 0 Å². The number of hydrogen-bond acceptors (Lipinski definition) is 4. The summed E-state index contributed by atoms with van der Waals surface area (Å²) >= 11 is 0. The molecule has 0 aliphatic carbocycles. The van der Waals surface area contributed by atoms with Gasteiger partial charge in [0, 0.05) is 26.1 Å². The number of nitrogens with one attached hydrogen (secondary N) is 1. The van der Waals surface area contributed by atoms with Crippen molar-refractivity contribution in [2.75, 3.05) is 19.6 Å². The first-order valence-electron chi connectivity index (χ1n) is 3.85. The molecule has 1 heterocycles. The second-order valence-corrected chi connectivity index (χ2v) is 2.83. The van der Waals surface area contributed by atoms with E-state index in [0.717, 1.165) is 19.6 Å². The first-order valence-corrected chi connectivity index (χ1v) is 3.85. The topological polar surface area (TPSA) is 41.6 Å². The summed E-state index contributed by atoms with van der Waals surface area (Å²) in [5.41, 5.74) is 0. The first kappa shape index (κ1) is 8.49. The van der Waals surface area contributed by atoms with Gasteiger partial charge < -0.3 is 10.2 Å². The second-order valence-electron chi connectivity index (χ2n) is 2.83. The maximum absolute atomic E-state index is 10.5. The fourth-order valence-electron chi connectivity index (χ4n) is 1.16. The first-order chi connectivity index (χ1) is 5.18. The summed E-state index contributed by atoms with van der Waals surface area (Å²) in [7, 11) is 0. The molecule has 0 aromatic heterocycles. The van der Waals surface area contributed by atoms with E-state index in [1.54, 1.807) is 5.06 Å². The third kappa shape index (κ3) is 2.86. The molecule has 1 unspecified atom stereocenters. The molecule has 4 nitrogen and oxygen atoms in total. The molecule has 0 aromatic carbocycles. The average molecular weight is 158 g/mol. The smallest absolute Gasteiger partial charge is 0.322 e. The Hall–Kier alpha value is -0.610. The lowest BCUT2D eigenvalue weighted by Gasteiger charge is -2.29. The molecule has 11 heavy (non-hydrogen) atoms. The van der Waals surface area contributed by atoms with Gasteiger partial charge in [-0.1, -0.05) is 0 Å². The van der Waals surface area contributed by atoms with Gasteiger partial charge in [0.15, 0.2) is 0 Å². The van der Waals surface area contributed by atoms with E-state index in [9.17, 15) is 4.79 Å². The molecule has 0 amide bonds. The van der Waals surface area contributed by atoms with Gasteiger partial charge in [-0.05, 0) is 6.92 Å². The van der Waals surface area contributed by atoms with Crippen molar-refractivity contribution in [2.24, 2.45) is 0 Å². The highest BCUT2D eigenvalue weighted by Gasteiger charge is 2.17. The molecule has 1 saturated heterocycles. The van der Waals surface area contributed by atoms with E-state index in [1.807, 2.05) is 0 Å². The van der Waals surface area contributed by atoms with Gasteiger partial charge in [0.1, 0.15) is 0 Å². The molecule has 1 rings (SSSR count). The molecule has 0 aromatic rings. The highest BCUT2D eigenvalue weighted by atomic mass is 16.7. The third-order valence-corrected chi connectivity index (χ3v) is 1.59. The molecule has 1 aliphatic rings. The summed E-state index contributed by atoms with van der Waals surface area (Å²) in [6.07, 6.45) is 0. The van der Waals surface area contributed by atoms with Gasteiger partial charge in [-0.15, -0.1) is 5.06 Å². The van der Waals surface area contributed by atoms with Crippen LogP contribution in [0.15, 0.2) is 0 Å². The fraction of sp³-hybridized carbons (Fsp3) is 0.857. The van der Waals surface area contributed by atoms with Crippen molar-refractivity contribution >= 4 is 5.97 Å². The molecule has 0 saturated carbocycles. The van der Waals surface area contributed by atoms with E-state index in [-0.39, 0.29) is 5.97 Å². The van der Waals surface area contributed by atoms with Crippen LogP contribution in [-0.2, 0) is 9.63 Å². The minimum absolute atomic E-state index is 0.237. The second kappa shape index (κ2) is 3.69. The van der Waals surface area contributed by atoms with Crippen LogP contribution in [0.3, 0.4) is 0 Å². The highest BCUT2D eigenvalue weighted by molar-refractivity contribution is 5.65. The third-order valence-electron chi connectivity index (χ3n) is 1.59. The van der Waals surface area contributed by atoms with Crippen LogP contribution in [0, 0.1) is 0 Å². The van der Waals surface area contributed by atoms with Crippen molar-refractivity contribution in [1.29, 1.82) is 0 Å². The standard InChI is InChI=1S/C7H14N2O2/c1-6-5-9(4-3-8-6)11-7(2)10/h6,8H,3-5H2,1-2H3. The van der Waals surface area contributed by atoms with Crippen LogP contribution in [0.25, 0.3) is 0 Å². The van der Waals surface area contributed by atoms with Gasteiger partial charge in [-0.25, -0.2) is 0 Å². The molecule has 1 fully saturated rings. The fourth-order valence-corrected chi connectivity index (χ4v) is 1.16. The number of carbonyl (C=O) groups excluding carboxylic acids is 1. The lowest BCUT2D eigenvalue weighted by Crippen LogP contribution is -2.49. The summed E-state index contributed by atoms with van der Waals surface area (Å²) < 4.78 is 0. The maximum atomic E-state index is 10.5. The predicted octanol–water partition coefficient (Wildman–Crippen LogP) is -0.242. The SMILES string of the molecule is CC(=O)ON1CCNC(C)C1. The monoisotopic (exact) mass is 158 g/mol. The van der Waals surface area contributed by atoms with Gasteiger partial charge >= 0.3 is 5.97 Å². The zero-order chi connectivity index (χ0) is 8.27.